The zero-order chi connectivity index (χ0) is 17.9. The van der Waals surface area contributed by atoms with Crippen LogP contribution in [0, 0.1) is 0 Å². The van der Waals surface area contributed by atoms with Crippen LogP contribution in [0.3, 0.4) is 0 Å². The first kappa shape index (κ1) is 16.6. The van der Waals surface area contributed by atoms with Gasteiger partial charge in [-0.25, -0.2) is 4.98 Å². The molecular formula is C20H17N3O2S. The van der Waals surface area contributed by atoms with Crippen molar-refractivity contribution in [1.29, 1.82) is 0 Å². The maximum atomic E-state index is 5.85. The molecule has 0 radical (unpaired) electrons. The first-order valence-corrected chi connectivity index (χ1v) is 9.11. The Morgan fingerprint density at radius 2 is 1.77 bits per heavy atom. The SMILES string of the molecule is COc1ccc(-c2nnc([C@H](C)Sc3ccc4ccccc4n3)o2)cc1. The lowest BCUT2D eigenvalue weighted by Gasteiger charge is -2.07. The topological polar surface area (TPSA) is 61.0 Å². The van der Waals surface area contributed by atoms with Gasteiger partial charge in [-0.3, -0.25) is 0 Å². The van der Waals surface area contributed by atoms with Gasteiger partial charge in [-0.2, -0.15) is 0 Å². The number of benzene rings is 2. The molecule has 0 aliphatic heterocycles. The number of rotatable bonds is 5. The van der Waals surface area contributed by atoms with Crippen LogP contribution in [-0.2, 0) is 0 Å². The first-order chi connectivity index (χ1) is 12.7. The van der Waals surface area contributed by atoms with Gasteiger partial charge in [0.15, 0.2) is 0 Å². The molecule has 2 aromatic heterocycles. The Kier molecular flexibility index (Phi) is 4.58. The van der Waals surface area contributed by atoms with Gasteiger partial charge in [0.1, 0.15) is 5.75 Å². The van der Waals surface area contributed by atoms with E-state index >= 15 is 0 Å². The number of para-hydroxylation sites is 1. The molecule has 0 aliphatic carbocycles. The molecule has 4 aromatic rings. The van der Waals surface area contributed by atoms with Crippen molar-refractivity contribution in [2.45, 2.75) is 17.2 Å². The molecule has 0 bridgehead atoms. The van der Waals surface area contributed by atoms with Gasteiger partial charge in [0.25, 0.3) is 0 Å². The molecule has 4 rings (SSSR count). The molecule has 5 nitrogen and oxygen atoms in total. The van der Waals surface area contributed by atoms with E-state index in [0.717, 1.165) is 27.2 Å². The maximum absolute atomic E-state index is 5.85. The Morgan fingerprint density at radius 3 is 2.58 bits per heavy atom. The zero-order valence-corrected chi connectivity index (χ0v) is 15.2. The van der Waals surface area contributed by atoms with Crippen molar-refractivity contribution in [1.82, 2.24) is 15.2 Å². The first-order valence-electron chi connectivity index (χ1n) is 8.23. The highest BCUT2D eigenvalue weighted by Gasteiger charge is 2.17. The van der Waals surface area contributed by atoms with Crippen molar-refractivity contribution in [3.8, 4) is 17.2 Å². The summed E-state index contributed by atoms with van der Waals surface area (Å²) in [7, 11) is 1.64. The van der Waals surface area contributed by atoms with Crippen LogP contribution in [0.15, 0.2) is 70.1 Å². The average molecular weight is 363 g/mol. The number of aromatic nitrogens is 3. The highest BCUT2D eigenvalue weighted by molar-refractivity contribution is 7.99. The standard InChI is InChI=1S/C20H17N3O2S/c1-13(26-18-12-9-14-5-3-4-6-17(14)21-18)19-22-23-20(25-19)15-7-10-16(24-2)11-8-15/h3-13H,1-2H3/t13-/m0/s1. The van der Waals surface area contributed by atoms with Gasteiger partial charge in [-0.1, -0.05) is 36.0 Å². The van der Waals surface area contributed by atoms with Crippen LogP contribution in [-0.4, -0.2) is 22.3 Å². The van der Waals surface area contributed by atoms with Gasteiger partial charge in [0.05, 0.1) is 22.9 Å². The molecule has 130 valence electrons. The fourth-order valence-corrected chi connectivity index (χ4v) is 3.45. The maximum Gasteiger partial charge on any atom is 0.247 e. The Labute approximate surface area is 155 Å². The van der Waals surface area contributed by atoms with Crippen LogP contribution in [0.25, 0.3) is 22.4 Å². The van der Waals surface area contributed by atoms with E-state index in [1.807, 2.05) is 55.5 Å². The molecule has 0 spiro atoms. The minimum Gasteiger partial charge on any atom is -0.497 e. The molecule has 2 aromatic carbocycles. The van der Waals surface area contributed by atoms with Crippen LogP contribution >= 0.6 is 11.8 Å². The molecule has 1 atom stereocenters. The Balaban J connectivity index is 1.52. The van der Waals surface area contributed by atoms with Gasteiger partial charge >= 0.3 is 0 Å². The monoisotopic (exact) mass is 363 g/mol. The van der Waals surface area contributed by atoms with E-state index < -0.39 is 0 Å². The third-order valence-corrected chi connectivity index (χ3v) is 5.02. The fourth-order valence-electron chi connectivity index (χ4n) is 2.59. The summed E-state index contributed by atoms with van der Waals surface area (Å²) >= 11 is 1.60. The second kappa shape index (κ2) is 7.17. The lowest BCUT2D eigenvalue weighted by molar-refractivity contribution is 0.415. The summed E-state index contributed by atoms with van der Waals surface area (Å²) in [6, 6.07) is 19.7. The van der Waals surface area contributed by atoms with Gasteiger partial charge < -0.3 is 9.15 Å². The minimum atomic E-state index is 0.00293. The van der Waals surface area contributed by atoms with E-state index in [9.17, 15) is 0 Å². The molecule has 0 aliphatic rings. The van der Waals surface area contributed by atoms with E-state index in [1.54, 1.807) is 18.9 Å². The largest absolute Gasteiger partial charge is 0.497 e. The Hall–Kier alpha value is -2.86. The summed E-state index contributed by atoms with van der Waals surface area (Å²) in [5.74, 6) is 1.87. The summed E-state index contributed by atoms with van der Waals surface area (Å²) in [6.07, 6.45) is 0. The number of pyridine rings is 1. The van der Waals surface area contributed by atoms with Gasteiger partial charge in [-0.15, -0.1) is 10.2 Å². The van der Waals surface area contributed by atoms with Crippen molar-refractivity contribution in [3.63, 3.8) is 0 Å². The summed E-state index contributed by atoms with van der Waals surface area (Å²) in [4.78, 5) is 4.68. The highest BCUT2D eigenvalue weighted by Crippen LogP contribution is 2.35. The molecule has 0 unspecified atom stereocenters. The molecule has 6 heteroatoms. The fraction of sp³-hybridized carbons (Fsp3) is 0.150. The van der Waals surface area contributed by atoms with Crippen molar-refractivity contribution >= 4 is 22.7 Å². The summed E-state index contributed by atoms with van der Waals surface area (Å²) < 4.78 is 11.0. The second-order valence-electron chi connectivity index (χ2n) is 5.78. The van der Waals surface area contributed by atoms with Crippen molar-refractivity contribution in [2.75, 3.05) is 7.11 Å². The van der Waals surface area contributed by atoms with E-state index in [2.05, 4.69) is 27.3 Å². The number of nitrogens with zero attached hydrogens (tertiary/aromatic N) is 3. The quantitative estimate of drug-likeness (QED) is 0.457. The molecular weight excluding hydrogens is 346 g/mol. The van der Waals surface area contributed by atoms with Crippen LogP contribution < -0.4 is 4.74 Å². The third kappa shape index (κ3) is 3.41. The summed E-state index contributed by atoms with van der Waals surface area (Å²) in [6.45, 7) is 2.03. The third-order valence-electron chi connectivity index (χ3n) is 4.00. The number of hydrogen-bond acceptors (Lipinski definition) is 6. The van der Waals surface area contributed by atoms with Crippen LogP contribution in [0.5, 0.6) is 5.75 Å². The van der Waals surface area contributed by atoms with E-state index in [4.69, 9.17) is 9.15 Å². The van der Waals surface area contributed by atoms with Crippen molar-refractivity contribution in [2.24, 2.45) is 0 Å². The molecule has 0 saturated carbocycles. The smallest absolute Gasteiger partial charge is 0.247 e. The van der Waals surface area contributed by atoms with Crippen LogP contribution in [0.2, 0.25) is 0 Å². The number of fused-ring (bicyclic) bond motifs is 1. The average Bonchev–Trinajstić information content (AvgIpc) is 3.18. The number of methoxy groups -OCH3 is 1. The van der Waals surface area contributed by atoms with Gasteiger partial charge in [0.2, 0.25) is 11.8 Å². The molecule has 0 fully saturated rings. The van der Waals surface area contributed by atoms with Crippen molar-refractivity contribution < 1.29 is 9.15 Å². The molecule has 0 N–H and O–H groups in total. The van der Waals surface area contributed by atoms with Crippen molar-refractivity contribution in [3.05, 3.63) is 66.6 Å². The summed E-state index contributed by atoms with van der Waals surface area (Å²) in [5.41, 5.74) is 1.85. The molecule has 0 amide bonds. The molecule has 0 saturated heterocycles. The predicted molar refractivity (Wildman–Crippen MR) is 102 cm³/mol. The van der Waals surface area contributed by atoms with E-state index in [1.165, 1.54) is 0 Å². The minimum absolute atomic E-state index is 0.00293. The number of ether oxygens (including phenoxy) is 1. The Bertz CT molecular complexity index is 1030. The van der Waals surface area contributed by atoms with Crippen LogP contribution in [0.1, 0.15) is 18.1 Å². The normalized spacial score (nSPS) is 12.2. The van der Waals surface area contributed by atoms with Gasteiger partial charge in [-0.05, 0) is 43.3 Å². The zero-order valence-electron chi connectivity index (χ0n) is 14.4. The number of thioether (sulfide) groups is 1. The molecule has 26 heavy (non-hydrogen) atoms. The Morgan fingerprint density at radius 1 is 0.962 bits per heavy atom. The molecule has 2 heterocycles. The number of hydrogen-bond donors (Lipinski definition) is 0. The second-order valence-corrected chi connectivity index (χ2v) is 7.14. The lowest BCUT2D eigenvalue weighted by Crippen LogP contribution is -1.90. The highest BCUT2D eigenvalue weighted by atomic mass is 32.2. The van der Waals surface area contributed by atoms with E-state index in [-0.39, 0.29) is 5.25 Å². The summed E-state index contributed by atoms with van der Waals surface area (Å²) in [5, 5.41) is 10.4. The van der Waals surface area contributed by atoms with Gasteiger partial charge in [0, 0.05) is 10.9 Å². The lowest BCUT2D eigenvalue weighted by atomic mass is 10.2. The van der Waals surface area contributed by atoms with E-state index in [0.29, 0.717) is 11.8 Å². The predicted octanol–water partition coefficient (Wildman–Crippen LogP) is 5.15. The van der Waals surface area contributed by atoms with Crippen LogP contribution in [0.4, 0.5) is 0 Å².